The van der Waals surface area contributed by atoms with E-state index in [0.717, 1.165) is 10.4 Å². The van der Waals surface area contributed by atoms with Gasteiger partial charge in [-0.05, 0) is 25.1 Å². The zero-order chi connectivity index (χ0) is 14.7. The first-order valence-electron chi connectivity index (χ1n) is 5.69. The number of ether oxygens (including phenoxy) is 1. The number of carbonyl (C=O) groups is 1. The van der Waals surface area contributed by atoms with E-state index in [-0.39, 0.29) is 17.5 Å². The van der Waals surface area contributed by atoms with Gasteiger partial charge < -0.3 is 4.74 Å². The second kappa shape index (κ2) is 6.21. The van der Waals surface area contributed by atoms with E-state index in [4.69, 9.17) is 22.2 Å². The largest absolute Gasteiger partial charge is 0.489 e. The highest BCUT2D eigenvalue weighted by Gasteiger charge is 2.12. The number of carbonyl (C=O) groups excluding carboxylic acids is 1. The van der Waals surface area contributed by atoms with Crippen molar-refractivity contribution in [2.75, 3.05) is 0 Å². The van der Waals surface area contributed by atoms with Crippen LogP contribution in [0, 0.1) is 12.7 Å². The van der Waals surface area contributed by atoms with Gasteiger partial charge in [-0.15, -0.1) is 11.3 Å². The number of nitrogen functional groups attached to an aromatic ring is 1. The molecule has 0 radical (unpaired) electrons. The van der Waals surface area contributed by atoms with Crippen molar-refractivity contribution in [1.29, 1.82) is 0 Å². The number of thiophene rings is 1. The van der Waals surface area contributed by atoms with E-state index in [1.807, 2.05) is 6.92 Å². The highest BCUT2D eigenvalue weighted by atomic mass is 35.5. The molecule has 4 nitrogen and oxygen atoms in total. The van der Waals surface area contributed by atoms with E-state index >= 15 is 0 Å². The van der Waals surface area contributed by atoms with Gasteiger partial charge in [-0.25, -0.2) is 10.2 Å². The first kappa shape index (κ1) is 14.8. The van der Waals surface area contributed by atoms with Gasteiger partial charge in [0.1, 0.15) is 18.2 Å². The minimum absolute atomic E-state index is 0.00717. The number of hydrazine groups is 1. The summed E-state index contributed by atoms with van der Waals surface area (Å²) in [6.07, 6.45) is 0. The minimum Gasteiger partial charge on any atom is -0.489 e. The summed E-state index contributed by atoms with van der Waals surface area (Å²) in [7, 11) is 0. The Morgan fingerprint density at radius 3 is 2.90 bits per heavy atom. The third-order valence-corrected chi connectivity index (χ3v) is 4.04. The van der Waals surface area contributed by atoms with Crippen LogP contribution < -0.4 is 16.0 Å². The molecule has 0 bridgehead atoms. The number of aryl methyl sites for hydroxylation is 1. The molecule has 2 rings (SSSR count). The number of nitrogens with two attached hydrogens (primary N) is 1. The van der Waals surface area contributed by atoms with Crippen LogP contribution in [0.4, 0.5) is 4.39 Å². The lowest BCUT2D eigenvalue weighted by Crippen LogP contribution is -2.29. The number of hydrogen-bond donors (Lipinski definition) is 2. The fraction of sp³-hybridized carbons (Fsp3) is 0.154. The molecule has 0 aliphatic carbocycles. The summed E-state index contributed by atoms with van der Waals surface area (Å²) >= 11 is 7.00. The van der Waals surface area contributed by atoms with E-state index in [1.54, 1.807) is 6.07 Å². The SMILES string of the molecule is Cc1sc(C(=O)NN)cc1COc1ccc(F)c(Cl)c1. The molecule has 3 N–H and O–H groups in total. The molecule has 0 aliphatic rings. The number of benzene rings is 1. The Morgan fingerprint density at radius 2 is 2.25 bits per heavy atom. The summed E-state index contributed by atoms with van der Waals surface area (Å²) in [4.78, 5) is 12.9. The Kier molecular flexibility index (Phi) is 4.59. The molecule has 1 heterocycles. The van der Waals surface area contributed by atoms with Gasteiger partial charge in [0.25, 0.3) is 5.91 Å². The summed E-state index contributed by atoms with van der Waals surface area (Å²) in [6.45, 7) is 2.15. The monoisotopic (exact) mass is 314 g/mol. The van der Waals surface area contributed by atoms with Crippen LogP contribution in [0.15, 0.2) is 24.3 Å². The van der Waals surface area contributed by atoms with Gasteiger partial charge in [0.05, 0.1) is 9.90 Å². The molecule has 0 saturated heterocycles. The third kappa shape index (κ3) is 3.27. The molecule has 20 heavy (non-hydrogen) atoms. The van der Waals surface area contributed by atoms with Crippen LogP contribution in [-0.4, -0.2) is 5.91 Å². The number of rotatable bonds is 4. The van der Waals surface area contributed by atoms with Crippen molar-refractivity contribution >= 4 is 28.8 Å². The smallest absolute Gasteiger partial charge is 0.275 e. The van der Waals surface area contributed by atoms with Gasteiger partial charge >= 0.3 is 0 Å². The molecule has 2 aromatic rings. The van der Waals surface area contributed by atoms with Crippen molar-refractivity contribution < 1.29 is 13.9 Å². The van der Waals surface area contributed by atoms with Crippen LogP contribution in [0.25, 0.3) is 0 Å². The maximum atomic E-state index is 13.0. The summed E-state index contributed by atoms with van der Waals surface area (Å²) in [5.41, 5.74) is 2.95. The van der Waals surface area contributed by atoms with Gasteiger partial charge in [-0.3, -0.25) is 10.2 Å². The zero-order valence-electron chi connectivity index (χ0n) is 10.6. The molecular formula is C13H12ClFN2O2S. The van der Waals surface area contributed by atoms with Gasteiger partial charge in [-0.2, -0.15) is 0 Å². The summed E-state index contributed by atoms with van der Waals surface area (Å²) in [5, 5.41) is 0.00717. The van der Waals surface area contributed by atoms with E-state index in [0.29, 0.717) is 10.6 Å². The van der Waals surface area contributed by atoms with Crippen molar-refractivity contribution in [1.82, 2.24) is 5.43 Å². The average molecular weight is 315 g/mol. The van der Waals surface area contributed by atoms with Crippen LogP contribution in [-0.2, 0) is 6.61 Å². The van der Waals surface area contributed by atoms with Crippen molar-refractivity contribution in [3.63, 3.8) is 0 Å². The second-order valence-corrected chi connectivity index (χ2v) is 5.69. The molecule has 0 saturated carbocycles. The Hall–Kier alpha value is -1.63. The number of halogens is 2. The lowest BCUT2D eigenvalue weighted by Gasteiger charge is -2.06. The molecule has 1 aromatic carbocycles. The fourth-order valence-corrected chi connectivity index (χ4v) is 2.68. The topological polar surface area (TPSA) is 64.4 Å². The highest BCUT2D eigenvalue weighted by molar-refractivity contribution is 7.14. The van der Waals surface area contributed by atoms with Gasteiger partial charge in [0, 0.05) is 16.5 Å². The van der Waals surface area contributed by atoms with Gasteiger partial charge in [0.15, 0.2) is 0 Å². The van der Waals surface area contributed by atoms with E-state index < -0.39 is 5.82 Å². The van der Waals surface area contributed by atoms with Crippen LogP contribution in [0.5, 0.6) is 5.75 Å². The van der Waals surface area contributed by atoms with E-state index in [2.05, 4.69) is 5.43 Å². The van der Waals surface area contributed by atoms with E-state index in [9.17, 15) is 9.18 Å². The van der Waals surface area contributed by atoms with Crippen molar-refractivity contribution in [3.8, 4) is 5.75 Å². The predicted octanol–water partition coefficient (Wildman–Crippen LogP) is 3.03. The number of hydrogen-bond acceptors (Lipinski definition) is 4. The Bertz CT molecular complexity index is 645. The van der Waals surface area contributed by atoms with Crippen LogP contribution in [0.1, 0.15) is 20.1 Å². The first-order valence-corrected chi connectivity index (χ1v) is 6.89. The molecular weight excluding hydrogens is 303 g/mol. The van der Waals surface area contributed by atoms with Crippen LogP contribution in [0.3, 0.4) is 0 Å². The van der Waals surface area contributed by atoms with Crippen molar-refractivity contribution in [2.45, 2.75) is 13.5 Å². The molecule has 0 aliphatic heterocycles. The van der Waals surface area contributed by atoms with Crippen molar-refractivity contribution in [3.05, 3.63) is 50.4 Å². The van der Waals surface area contributed by atoms with E-state index in [1.165, 1.54) is 29.5 Å². The fourth-order valence-electron chi connectivity index (χ4n) is 1.57. The lowest BCUT2D eigenvalue weighted by atomic mass is 10.2. The molecule has 1 aromatic heterocycles. The lowest BCUT2D eigenvalue weighted by molar-refractivity contribution is 0.0957. The number of nitrogens with one attached hydrogen (secondary N) is 1. The third-order valence-electron chi connectivity index (χ3n) is 2.66. The summed E-state index contributed by atoms with van der Waals surface area (Å²) < 4.78 is 18.5. The molecule has 0 unspecified atom stereocenters. The average Bonchev–Trinajstić information content (AvgIpc) is 2.80. The summed E-state index contributed by atoms with van der Waals surface area (Å²) in [6, 6.07) is 5.86. The normalized spacial score (nSPS) is 10.4. The number of amides is 1. The Labute approximate surface area is 124 Å². The first-order chi connectivity index (χ1) is 9.51. The van der Waals surface area contributed by atoms with Crippen LogP contribution >= 0.6 is 22.9 Å². The minimum atomic E-state index is -0.493. The predicted molar refractivity (Wildman–Crippen MR) is 76.5 cm³/mol. The maximum absolute atomic E-state index is 13.0. The Balaban J connectivity index is 2.08. The highest BCUT2D eigenvalue weighted by Crippen LogP contribution is 2.25. The van der Waals surface area contributed by atoms with Gasteiger partial charge in [-0.1, -0.05) is 11.6 Å². The molecule has 0 spiro atoms. The summed E-state index contributed by atoms with van der Waals surface area (Å²) in [5.74, 6) is 4.72. The van der Waals surface area contributed by atoms with Crippen molar-refractivity contribution in [2.24, 2.45) is 5.84 Å². The van der Waals surface area contributed by atoms with Crippen LogP contribution in [0.2, 0.25) is 5.02 Å². The quantitative estimate of drug-likeness (QED) is 0.518. The standard InChI is InChI=1S/C13H12ClFN2O2S/c1-7-8(4-12(20-7)13(18)17-16)6-19-9-2-3-11(15)10(14)5-9/h2-5H,6,16H2,1H3,(H,17,18). The maximum Gasteiger partial charge on any atom is 0.275 e. The Morgan fingerprint density at radius 1 is 1.50 bits per heavy atom. The zero-order valence-corrected chi connectivity index (χ0v) is 12.1. The molecule has 0 atom stereocenters. The molecule has 0 fully saturated rings. The molecule has 7 heteroatoms. The van der Waals surface area contributed by atoms with Gasteiger partial charge in [0.2, 0.25) is 0 Å². The molecule has 1 amide bonds. The molecule has 106 valence electrons. The second-order valence-electron chi connectivity index (χ2n) is 4.03.